The molecule has 0 aliphatic carbocycles. The number of aryl methyl sites for hydroxylation is 1. The first-order chi connectivity index (χ1) is 7.20. The van der Waals surface area contributed by atoms with E-state index >= 15 is 0 Å². The van der Waals surface area contributed by atoms with Gasteiger partial charge in [0.2, 0.25) is 0 Å². The highest BCUT2D eigenvalue weighted by molar-refractivity contribution is 5.49. The van der Waals surface area contributed by atoms with E-state index in [1.165, 1.54) is 6.07 Å². The Bertz CT molecular complexity index is 488. The highest BCUT2D eigenvalue weighted by Crippen LogP contribution is 2.18. The topological polar surface area (TPSA) is 111 Å². The number of hydrogen-bond acceptors (Lipinski definition) is 6. The summed E-state index contributed by atoms with van der Waals surface area (Å²) in [6.45, 7) is 1.88. The fraction of sp³-hybridized carbons (Fsp3) is 0.286. The third-order valence-electron chi connectivity index (χ3n) is 1.76. The monoisotopic (exact) mass is 209 g/mol. The summed E-state index contributed by atoms with van der Waals surface area (Å²) in [5.74, 6) is 0.508. The zero-order valence-electron chi connectivity index (χ0n) is 7.80. The molecule has 2 heterocycles. The van der Waals surface area contributed by atoms with Crippen LogP contribution in [0.4, 0.5) is 5.82 Å². The Kier molecular flexibility index (Phi) is 2.16. The molecule has 2 rings (SSSR count). The van der Waals surface area contributed by atoms with Crippen LogP contribution in [0.2, 0.25) is 0 Å². The van der Waals surface area contributed by atoms with Crippen molar-refractivity contribution >= 4 is 5.82 Å². The third kappa shape index (κ3) is 1.68. The Hall–Kier alpha value is -2.25. The number of H-pyrrole nitrogens is 1. The zero-order valence-corrected chi connectivity index (χ0v) is 7.80. The van der Waals surface area contributed by atoms with E-state index in [0.717, 1.165) is 0 Å². The molecule has 1 N–H and O–H groups in total. The fourth-order valence-electron chi connectivity index (χ4n) is 1.02. The molecular formula is C7H7N5O3. The van der Waals surface area contributed by atoms with Crippen LogP contribution in [-0.4, -0.2) is 25.3 Å². The normalized spacial score (nSPS) is 10.5. The van der Waals surface area contributed by atoms with E-state index in [4.69, 9.17) is 4.52 Å². The SMILES string of the molecule is CCc1noc(-c2cc([N+](=O)[O-])[nH]n2)n1. The molecule has 0 spiro atoms. The number of nitrogens with zero attached hydrogens (tertiary/aromatic N) is 4. The second-order valence-electron chi connectivity index (χ2n) is 2.76. The molecule has 0 amide bonds. The molecule has 8 heteroatoms. The van der Waals surface area contributed by atoms with Crippen LogP contribution in [0.25, 0.3) is 11.6 Å². The molecule has 8 nitrogen and oxygen atoms in total. The fourth-order valence-corrected chi connectivity index (χ4v) is 1.02. The molecule has 0 saturated carbocycles. The van der Waals surface area contributed by atoms with Gasteiger partial charge in [-0.15, -0.1) is 5.10 Å². The Morgan fingerprint density at radius 3 is 3.00 bits per heavy atom. The van der Waals surface area contributed by atoms with Crippen molar-refractivity contribution in [1.82, 2.24) is 20.3 Å². The minimum absolute atomic E-state index is 0.177. The van der Waals surface area contributed by atoms with Gasteiger partial charge < -0.3 is 14.6 Å². The summed E-state index contributed by atoms with van der Waals surface area (Å²) in [4.78, 5) is 13.8. The lowest BCUT2D eigenvalue weighted by Gasteiger charge is -1.83. The van der Waals surface area contributed by atoms with Gasteiger partial charge in [-0.1, -0.05) is 17.2 Å². The molecule has 15 heavy (non-hydrogen) atoms. The van der Waals surface area contributed by atoms with Crippen molar-refractivity contribution in [3.8, 4) is 11.6 Å². The lowest BCUT2D eigenvalue weighted by Crippen LogP contribution is -1.86. The summed E-state index contributed by atoms with van der Waals surface area (Å²) in [7, 11) is 0. The molecule has 0 aromatic carbocycles. The molecule has 0 saturated heterocycles. The number of nitrogens with one attached hydrogen (secondary N) is 1. The Morgan fingerprint density at radius 2 is 2.47 bits per heavy atom. The summed E-state index contributed by atoms with van der Waals surface area (Å²) < 4.78 is 4.87. The van der Waals surface area contributed by atoms with Crippen molar-refractivity contribution in [2.45, 2.75) is 13.3 Å². The maximum Gasteiger partial charge on any atom is 0.343 e. The van der Waals surface area contributed by atoms with Crippen LogP contribution in [0.3, 0.4) is 0 Å². The quantitative estimate of drug-likeness (QED) is 0.594. The highest BCUT2D eigenvalue weighted by Gasteiger charge is 2.16. The van der Waals surface area contributed by atoms with Crippen molar-refractivity contribution in [3.05, 3.63) is 22.0 Å². The molecule has 0 atom stereocenters. The summed E-state index contributed by atoms with van der Waals surface area (Å²) >= 11 is 0. The van der Waals surface area contributed by atoms with Crippen molar-refractivity contribution in [3.63, 3.8) is 0 Å². The first-order valence-corrected chi connectivity index (χ1v) is 4.23. The minimum atomic E-state index is -0.576. The number of hydrogen-bond donors (Lipinski definition) is 1. The van der Waals surface area contributed by atoms with Crippen LogP contribution in [0.1, 0.15) is 12.7 Å². The molecule has 2 aromatic rings. The van der Waals surface area contributed by atoms with Gasteiger partial charge in [0.25, 0.3) is 5.89 Å². The number of aromatic nitrogens is 4. The molecule has 0 bridgehead atoms. The van der Waals surface area contributed by atoms with Gasteiger partial charge in [0.15, 0.2) is 11.5 Å². The van der Waals surface area contributed by atoms with E-state index in [1.807, 2.05) is 6.92 Å². The molecule has 0 unspecified atom stereocenters. The largest absolute Gasteiger partial charge is 0.358 e. The molecule has 78 valence electrons. The molecule has 0 aliphatic rings. The van der Waals surface area contributed by atoms with E-state index in [1.54, 1.807) is 0 Å². The lowest BCUT2D eigenvalue weighted by molar-refractivity contribution is -0.389. The minimum Gasteiger partial charge on any atom is -0.358 e. The number of nitro groups is 1. The lowest BCUT2D eigenvalue weighted by atomic mass is 10.4. The van der Waals surface area contributed by atoms with E-state index in [9.17, 15) is 10.1 Å². The van der Waals surface area contributed by atoms with Crippen LogP contribution in [-0.2, 0) is 6.42 Å². The second kappa shape index (κ2) is 3.48. The molecular weight excluding hydrogens is 202 g/mol. The van der Waals surface area contributed by atoms with Crippen molar-refractivity contribution in [2.24, 2.45) is 0 Å². The van der Waals surface area contributed by atoms with E-state index in [0.29, 0.717) is 12.2 Å². The van der Waals surface area contributed by atoms with Gasteiger partial charge in [-0.2, -0.15) is 4.98 Å². The third-order valence-corrected chi connectivity index (χ3v) is 1.76. The van der Waals surface area contributed by atoms with Gasteiger partial charge in [0, 0.05) is 6.42 Å². The summed E-state index contributed by atoms with van der Waals surface area (Å²) in [6, 6.07) is 1.24. The van der Waals surface area contributed by atoms with Crippen LogP contribution < -0.4 is 0 Å². The van der Waals surface area contributed by atoms with Gasteiger partial charge in [-0.25, -0.2) is 0 Å². The van der Waals surface area contributed by atoms with Crippen molar-refractivity contribution in [1.29, 1.82) is 0 Å². The Morgan fingerprint density at radius 1 is 1.67 bits per heavy atom. The zero-order chi connectivity index (χ0) is 10.8. The summed E-state index contributed by atoms with van der Waals surface area (Å²) in [5.41, 5.74) is 0.272. The molecule has 0 fully saturated rings. The first kappa shape index (κ1) is 9.31. The van der Waals surface area contributed by atoms with Crippen LogP contribution in [0.5, 0.6) is 0 Å². The first-order valence-electron chi connectivity index (χ1n) is 4.23. The summed E-state index contributed by atoms with van der Waals surface area (Å²) in [6.07, 6.45) is 0.635. The Labute approximate surface area is 83.5 Å². The number of rotatable bonds is 3. The van der Waals surface area contributed by atoms with Crippen LogP contribution in [0, 0.1) is 10.1 Å². The van der Waals surface area contributed by atoms with Crippen LogP contribution in [0.15, 0.2) is 10.6 Å². The maximum atomic E-state index is 10.4. The van der Waals surface area contributed by atoms with Gasteiger partial charge in [-0.05, 0) is 4.92 Å². The van der Waals surface area contributed by atoms with Crippen molar-refractivity contribution in [2.75, 3.05) is 0 Å². The highest BCUT2D eigenvalue weighted by atomic mass is 16.6. The Balaban J connectivity index is 2.32. The number of aromatic amines is 1. The van der Waals surface area contributed by atoms with Gasteiger partial charge >= 0.3 is 5.82 Å². The summed E-state index contributed by atoms with van der Waals surface area (Å²) in [5, 5.41) is 20.0. The smallest absolute Gasteiger partial charge is 0.343 e. The average molecular weight is 209 g/mol. The molecule has 0 aliphatic heterocycles. The van der Waals surface area contributed by atoms with Gasteiger partial charge in [-0.3, -0.25) is 0 Å². The predicted molar refractivity (Wildman–Crippen MR) is 47.9 cm³/mol. The average Bonchev–Trinajstić information content (AvgIpc) is 2.86. The van der Waals surface area contributed by atoms with Gasteiger partial charge in [0.05, 0.1) is 6.07 Å². The molecule has 0 radical (unpaired) electrons. The maximum absolute atomic E-state index is 10.4. The van der Waals surface area contributed by atoms with E-state index in [-0.39, 0.29) is 17.4 Å². The van der Waals surface area contributed by atoms with Gasteiger partial charge in [0.1, 0.15) is 0 Å². The standard InChI is InChI=1S/C7H7N5O3/c1-2-5-8-7(15-11-5)4-3-6(10-9-4)12(13)14/h3H,2H2,1H3,(H,9,10). The predicted octanol–water partition coefficient (Wildman–Crippen LogP) is 0.930. The second-order valence-corrected chi connectivity index (χ2v) is 2.76. The van der Waals surface area contributed by atoms with Crippen LogP contribution >= 0.6 is 0 Å². The van der Waals surface area contributed by atoms with E-state index < -0.39 is 4.92 Å². The van der Waals surface area contributed by atoms with E-state index in [2.05, 4.69) is 20.3 Å². The van der Waals surface area contributed by atoms with Crippen molar-refractivity contribution < 1.29 is 9.45 Å². The molecule has 2 aromatic heterocycles.